The van der Waals surface area contributed by atoms with Gasteiger partial charge in [0.25, 0.3) is 0 Å². The summed E-state index contributed by atoms with van der Waals surface area (Å²) in [7, 11) is 1.88. The molecule has 0 spiro atoms. The van der Waals surface area contributed by atoms with Crippen molar-refractivity contribution in [3.05, 3.63) is 35.3 Å². The molecule has 0 saturated carbocycles. The van der Waals surface area contributed by atoms with Gasteiger partial charge in [0, 0.05) is 12.4 Å². The van der Waals surface area contributed by atoms with Crippen LogP contribution in [0.2, 0.25) is 5.15 Å². The van der Waals surface area contributed by atoms with Crippen LogP contribution in [-0.4, -0.2) is 14.5 Å². The van der Waals surface area contributed by atoms with E-state index in [0.717, 1.165) is 16.7 Å². The van der Waals surface area contributed by atoms with Crippen LogP contribution in [0.25, 0.3) is 22.6 Å². The molecule has 5 heteroatoms. The van der Waals surface area contributed by atoms with Gasteiger partial charge in [0.05, 0.1) is 12.0 Å². The Hall–Kier alpha value is -1.81. The summed E-state index contributed by atoms with van der Waals surface area (Å²) in [6.45, 7) is 1.94. The maximum Gasteiger partial charge on any atom is 0.197 e. The standard InChI is InChI=1S/C12H10ClN3O/c1-7-8-6-10(13)16(2)12(8)15-11(14-7)9-4-3-5-17-9/h3-6H,1-2H3. The summed E-state index contributed by atoms with van der Waals surface area (Å²) in [6.07, 6.45) is 1.61. The summed E-state index contributed by atoms with van der Waals surface area (Å²) < 4.78 is 7.13. The van der Waals surface area contributed by atoms with E-state index in [-0.39, 0.29) is 0 Å². The summed E-state index contributed by atoms with van der Waals surface area (Å²) in [4.78, 5) is 8.89. The van der Waals surface area contributed by atoms with Crippen LogP contribution in [0.15, 0.2) is 28.9 Å². The van der Waals surface area contributed by atoms with Crippen molar-refractivity contribution in [3.8, 4) is 11.6 Å². The lowest BCUT2D eigenvalue weighted by Crippen LogP contribution is -1.96. The summed E-state index contributed by atoms with van der Waals surface area (Å²) in [5, 5.41) is 1.61. The van der Waals surface area contributed by atoms with Gasteiger partial charge in [0.15, 0.2) is 11.6 Å². The van der Waals surface area contributed by atoms with Gasteiger partial charge in [-0.15, -0.1) is 0 Å². The smallest absolute Gasteiger partial charge is 0.197 e. The molecule has 4 nitrogen and oxygen atoms in total. The van der Waals surface area contributed by atoms with Crippen molar-refractivity contribution in [2.75, 3.05) is 0 Å². The molecule has 17 heavy (non-hydrogen) atoms. The van der Waals surface area contributed by atoms with E-state index in [4.69, 9.17) is 16.0 Å². The van der Waals surface area contributed by atoms with Crippen molar-refractivity contribution < 1.29 is 4.42 Å². The highest BCUT2D eigenvalue weighted by atomic mass is 35.5. The first-order valence-corrected chi connectivity index (χ1v) is 5.58. The zero-order chi connectivity index (χ0) is 12.0. The largest absolute Gasteiger partial charge is 0.461 e. The third-order valence-corrected chi connectivity index (χ3v) is 3.12. The van der Waals surface area contributed by atoms with E-state index in [1.54, 1.807) is 6.26 Å². The van der Waals surface area contributed by atoms with Crippen LogP contribution in [0.3, 0.4) is 0 Å². The van der Waals surface area contributed by atoms with Gasteiger partial charge in [0.2, 0.25) is 0 Å². The van der Waals surface area contributed by atoms with Gasteiger partial charge in [0.1, 0.15) is 10.8 Å². The normalized spacial score (nSPS) is 11.2. The summed E-state index contributed by atoms with van der Waals surface area (Å²) in [6, 6.07) is 5.53. The van der Waals surface area contributed by atoms with Crippen molar-refractivity contribution in [1.82, 2.24) is 14.5 Å². The molecule has 0 fully saturated rings. The quantitative estimate of drug-likeness (QED) is 0.663. The Labute approximate surface area is 103 Å². The molecule has 0 saturated heterocycles. The number of rotatable bonds is 1. The fourth-order valence-electron chi connectivity index (χ4n) is 1.82. The molecule has 0 radical (unpaired) electrons. The average Bonchev–Trinajstić information content (AvgIpc) is 2.91. The number of aromatic nitrogens is 3. The number of aryl methyl sites for hydroxylation is 2. The minimum atomic E-state index is 0.581. The first-order valence-electron chi connectivity index (χ1n) is 5.20. The van der Waals surface area contributed by atoms with E-state index < -0.39 is 0 Å². The van der Waals surface area contributed by atoms with E-state index in [1.165, 1.54) is 0 Å². The van der Waals surface area contributed by atoms with Gasteiger partial charge in [-0.3, -0.25) is 0 Å². The molecular formula is C12H10ClN3O. The van der Waals surface area contributed by atoms with Crippen molar-refractivity contribution in [1.29, 1.82) is 0 Å². The molecule has 0 unspecified atom stereocenters. The molecule has 0 aromatic carbocycles. The van der Waals surface area contributed by atoms with Crippen LogP contribution >= 0.6 is 11.6 Å². The minimum absolute atomic E-state index is 0.581. The predicted molar refractivity (Wildman–Crippen MR) is 66.0 cm³/mol. The Balaban J connectivity index is 2.33. The molecule has 3 aromatic heterocycles. The van der Waals surface area contributed by atoms with Crippen LogP contribution in [0, 0.1) is 6.92 Å². The first-order chi connectivity index (χ1) is 8.16. The highest BCUT2D eigenvalue weighted by Gasteiger charge is 2.12. The van der Waals surface area contributed by atoms with Crippen LogP contribution in [0.4, 0.5) is 0 Å². The molecule has 86 valence electrons. The second-order valence-electron chi connectivity index (χ2n) is 3.87. The Kier molecular flexibility index (Phi) is 2.19. The number of fused-ring (bicyclic) bond motifs is 1. The van der Waals surface area contributed by atoms with E-state index >= 15 is 0 Å². The predicted octanol–water partition coefficient (Wildman–Crippen LogP) is 3.19. The van der Waals surface area contributed by atoms with Crippen molar-refractivity contribution in [3.63, 3.8) is 0 Å². The van der Waals surface area contributed by atoms with Gasteiger partial charge in [-0.25, -0.2) is 9.97 Å². The van der Waals surface area contributed by atoms with Crippen LogP contribution in [-0.2, 0) is 7.05 Å². The number of furan rings is 1. The third kappa shape index (κ3) is 1.52. The Morgan fingerprint density at radius 1 is 1.35 bits per heavy atom. The second kappa shape index (κ2) is 3.60. The van der Waals surface area contributed by atoms with Crippen molar-refractivity contribution >= 4 is 22.6 Å². The minimum Gasteiger partial charge on any atom is -0.461 e. The number of halogens is 1. The number of hydrogen-bond donors (Lipinski definition) is 0. The van der Waals surface area contributed by atoms with Gasteiger partial charge >= 0.3 is 0 Å². The summed E-state index contributed by atoms with van der Waals surface area (Å²) >= 11 is 6.07. The SMILES string of the molecule is Cc1nc(-c2ccco2)nc2c1cc(Cl)n2C. The monoisotopic (exact) mass is 247 g/mol. The van der Waals surface area contributed by atoms with Crippen LogP contribution in [0.5, 0.6) is 0 Å². The fourth-order valence-corrected chi connectivity index (χ4v) is 2.01. The molecule has 3 aromatic rings. The lowest BCUT2D eigenvalue weighted by Gasteiger charge is -2.01. The van der Waals surface area contributed by atoms with E-state index in [9.17, 15) is 0 Å². The summed E-state index contributed by atoms with van der Waals surface area (Å²) in [5.41, 5.74) is 1.71. The second-order valence-corrected chi connectivity index (χ2v) is 4.26. The molecule has 3 rings (SSSR count). The Morgan fingerprint density at radius 2 is 2.18 bits per heavy atom. The molecule has 0 aliphatic rings. The number of hydrogen-bond acceptors (Lipinski definition) is 3. The average molecular weight is 248 g/mol. The van der Waals surface area contributed by atoms with Gasteiger partial charge < -0.3 is 8.98 Å². The molecular weight excluding hydrogens is 238 g/mol. The molecule has 0 aliphatic heterocycles. The Morgan fingerprint density at radius 3 is 2.88 bits per heavy atom. The van der Waals surface area contributed by atoms with E-state index in [1.807, 2.05) is 36.7 Å². The highest BCUT2D eigenvalue weighted by molar-refractivity contribution is 6.30. The first kappa shape index (κ1) is 10.4. The van der Waals surface area contributed by atoms with Crippen molar-refractivity contribution in [2.24, 2.45) is 7.05 Å². The lowest BCUT2D eigenvalue weighted by molar-refractivity contribution is 0.577. The molecule has 0 bridgehead atoms. The molecule has 0 amide bonds. The molecule has 3 heterocycles. The van der Waals surface area contributed by atoms with Gasteiger partial charge in [-0.05, 0) is 25.1 Å². The van der Waals surface area contributed by atoms with E-state index in [2.05, 4.69) is 9.97 Å². The van der Waals surface area contributed by atoms with Crippen LogP contribution in [0.1, 0.15) is 5.69 Å². The van der Waals surface area contributed by atoms with Crippen LogP contribution < -0.4 is 0 Å². The topological polar surface area (TPSA) is 43.9 Å². The molecule has 0 atom stereocenters. The maximum absolute atomic E-state index is 6.07. The number of nitrogens with zero attached hydrogens (tertiary/aromatic N) is 3. The lowest BCUT2D eigenvalue weighted by atomic mass is 10.3. The summed E-state index contributed by atoms with van der Waals surface area (Å²) in [5.74, 6) is 1.24. The Bertz CT molecular complexity index is 685. The fraction of sp³-hybridized carbons (Fsp3) is 0.167. The molecule has 0 aliphatic carbocycles. The maximum atomic E-state index is 6.07. The highest BCUT2D eigenvalue weighted by Crippen LogP contribution is 2.25. The van der Waals surface area contributed by atoms with Gasteiger partial charge in [-0.2, -0.15) is 0 Å². The molecule has 0 N–H and O–H groups in total. The zero-order valence-corrected chi connectivity index (χ0v) is 10.2. The van der Waals surface area contributed by atoms with Gasteiger partial charge in [-0.1, -0.05) is 11.6 Å². The van der Waals surface area contributed by atoms with E-state index in [0.29, 0.717) is 16.7 Å². The zero-order valence-electron chi connectivity index (χ0n) is 9.44. The third-order valence-electron chi connectivity index (χ3n) is 2.76. The van der Waals surface area contributed by atoms with Crippen molar-refractivity contribution in [2.45, 2.75) is 6.92 Å².